The van der Waals surface area contributed by atoms with Crippen LogP contribution in [0.1, 0.15) is 44.6 Å². The Morgan fingerprint density at radius 3 is 2.65 bits per heavy atom. The highest BCUT2D eigenvalue weighted by Gasteiger charge is 2.33. The van der Waals surface area contributed by atoms with Gasteiger partial charge in [-0.3, -0.25) is 9.69 Å². The lowest BCUT2D eigenvalue weighted by Crippen LogP contribution is -2.39. The number of nitrogens with zero attached hydrogens (tertiary/aromatic N) is 1. The molecule has 20 heavy (non-hydrogen) atoms. The lowest BCUT2D eigenvalue weighted by Gasteiger charge is -2.31. The van der Waals surface area contributed by atoms with Crippen LogP contribution in [0.25, 0.3) is 0 Å². The van der Waals surface area contributed by atoms with Crippen LogP contribution in [0.5, 0.6) is 0 Å². The molecule has 110 valence electrons. The normalized spacial score (nSPS) is 24.6. The molecule has 0 spiro atoms. The zero-order valence-corrected chi connectivity index (χ0v) is 12.7. The van der Waals surface area contributed by atoms with Crippen LogP contribution in [0.3, 0.4) is 0 Å². The first-order valence-electron chi connectivity index (χ1n) is 7.55. The summed E-state index contributed by atoms with van der Waals surface area (Å²) in [7, 11) is 1.48. The van der Waals surface area contributed by atoms with Gasteiger partial charge in [0.1, 0.15) is 0 Å². The van der Waals surface area contributed by atoms with Crippen LogP contribution in [0, 0.1) is 0 Å². The molecule has 1 fully saturated rings. The largest absolute Gasteiger partial charge is 0.469 e. The Bertz CT molecular complexity index is 432. The predicted molar refractivity (Wildman–Crippen MR) is 80.7 cm³/mol. The van der Waals surface area contributed by atoms with E-state index in [9.17, 15) is 4.79 Å². The maximum absolute atomic E-state index is 12.2. The molecule has 0 N–H and O–H groups in total. The molecular weight excluding hydrogens is 250 g/mol. The number of carbonyl (C=O) groups excluding carboxylic acids is 1. The minimum atomic E-state index is -0.184. The van der Waals surface area contributed by atoms with E-state index in [0.29, 0.717) is 12.1 Å². The van der Waals surface area contributed by atoms with E-state index < -0.39 is 0 Å². The molecule has 3 nitrogen and oxygen atoms in total. The van der Waals surface area contributed by atoms with Gasteiger partial charge in [-0.1, -0.05) is 37.3 Å². The summed E-state index contributed by atoms with van der Waals surface area (Å²) in [5.74, 6) is -0.319. The van der Waals surface area contributed by atoms with E-state index in [1.54, 1.807) is 0 Å². The molecule has 0 amide bonds. The fourth-order valence-corrected chi connectivity index (χ4v) is 3.25. The van der Waals surface area contributed by atoms with Crippen molar-refractivity contribution in [1.82, 2.24) is 4.90 Å². The lowest BCUT2D eigenvalue weighted by atomic mass is 9.97. The number of ether oxygens (including phenoxy) is 1. The van der Waals surface area contributed by atoms with Crippen LogP contribution in [0.15, 0.2) is 30.3 Å². The summed E-state index contributed by atoms with van der Waals surface area (Å²) in [4.78, 5) is 14.6. The standard InChI is InChI=1S/C17H25NO2/c1-4-15-11-10-13(2)18(15)12-16(17(19)20-3)14-8-6-5-7-9-14/h5-9,13,15-16H,4,10-12H2,1-3H3. The zero-order chi connectivity index (χ0) is 14.5. The quantitative estimate of drug-likeness (QED) is 0.773. The average molecular weight is 275 g/mol. The van der Waals surface area contributed by atoms with Gasteiger partial charge in [0.15, 0.2) is 0 Å². The summed E-state index contributed by atoms with van der Waals surface area (Å²) in [6.45, 7) is 5.25. The SMILES string of the molecule is CCC1CCC(C)N1CC(C(=O)OC)c1ccccc1. The van der Waals surface area contributed by atoms with E-state index in [1.807, 2.05) is 30.3 Å². The fourth-order valence-electron chi connectivity index (χ4n) is 3.25. The maximum Gasteiger partial charge on any atom is 0.314 e. The number of hydrogen-bond acceptors (Lipinski definition) is 3. The molecule has 1 aromatic carbocycles. The third-order valence-electron chi connectivity index (χ3n) is 4.51. The van der Waals surface area contributed by atoms with Gasteiger partial charge in [-0.2, -0.15) is 0 Å². The van der Waals surface area contributed by atoms with Crippen molar-refractivity contribution in [3.63, 3.8) is 0 Å². The molecule has 1 aliphatic heterocycles. The average Bonchev–Trinajstić information content (AvgIpc) is 2.85. The third-order valence-corrected chi connectivity index (χ3v) is 4.51. The molecule has 3 heteroatoms. The first-order valence-corrected chi connectivity index (χ1v) is 7.55. The molecule has 1 aliphatic rings. The molecule has 0 radical (unpaired) electrons. The van der Waals surface area contributed by atoms with Crippen LogP contribution in [-0.2, 0) is 9.53 Å². The molecular formula is C17H25NO2. The van der Waals surface area contributed by atoms with E-state index >= 15 is 0 Å². The van der Waals surface area contributed by atoms with Crippen LogP contribution >= 0.6 is 0 Å². The predicted octanol–water partition coefficient (Wildman–Crippen LogP) is 3.21. The summed E-state index contributed by atoms with van der Waals surface area (Å²) in [5.41, 5.74) is 1.05. The highest BCUT2D eigenvalue weighted by atomic mass is 16.5. The van der Waals surface area contributed by atoms with E-state index in [4.69, 9.17) is 4.74 Å². The van der Waals surface area contributed by atoms with Gasteiger partial charge >= 0.3 is 5.97 Å². The second kappa shape index (κ2) is 6.89. The van der Waals surface area contributed by atoms with Crippen molar-refractivity contribution in [2.75, 3.05) is 13.7 Å². The van der Waals surface area contributed by atoms with Crippen molar-refractivity contribution in [2.24, 2.45) is 0 Å². The van der Waals surface area contributed by atoms with Crippen molar-refractivity contribution >= 4 is 5.97 Å². The number of rotatable bonds is 5. The molecule has 3 unspecified atom stereocenters. The molecule has 0 saturated carbocycles. The van der Waals surface area contributed by atoms with Crippen LogP contribution in [0.2, 0.25) is 0 Å². The van der Waals surface area contributed by atoms with Gasteiger partial charge in [0.2, 0.25) is 0 Å². The van der Waals surface area contributed by atoms with Gasteiger partial charge in [-0.15, -0.1) is 0 Å². The minimum absolute atomic E-state index is 0.134. The van der Waals surface area contributed by atoms with Crippen LogP contribution in [-0.4, -0.2) is 36.6 Å². The smallest absolute Gasteiger partial charge is 0.314 e. The Hall–Kier alpha value is -1.35. The molecule has 0 aromatic heterocycles. The Kier molecular flexibility index (Phi) is 5.18. The number of likely N-dealkylation sites (tertiary alicyclic amines) is 1. The number of carbonyl (C=O) groups is 1. The van der Waals surface area contributed by atoms with Crippen LogP contribution in [0.4, 0.5) is 0 Å². The molecule has 3 atom stereocenters. The molecule has 0 aliphatic carbocycles. The Morgan fingerprint density at radius 2 is 2.05 bits per heavy atom. The van der Waals surface area contributed by atoms with Crippen molar-refractivity contribution in [3.05, 3.63) is 35.9 Å². The first kappa shape index (κ1) is 15.0. The molecule has 0 bridgehead atoms. The van der Waals surface area contributed by atoms with Gasteiger partial charge in [-0.25, -0.2) is 0 Å². The van der Waals surface area contributed by atoms with Gasteiger partial charge in [0.05, 0.1) is 13.0 Å². The first-order chi connectivity index (χ1) is 9.67. The number of esters is 1. The second-order valence-corrected chi connectivity index (χ2v) is 5.67. The van der Waals surface area contributed by atoms with Gasteiger partial charge in [-0.05, 0) is 31.7 Å². The number of hydrogen-bond donors (Lipinski definition) is 0. The highest BCUT2D eigenvalue weighted by molar-refractivity contribution is 5.78. The van der Waals surface area contributed by atoms with Crippen molar-refractivity contribution in [1.29, 1.82) is 0 Å². The summed E-state index contributed by atoms with van der Waals surface area (Å²) < 4.78 is 5.02. The van der Waals surface area contributed by atoms with E-state index in [-0.39, 0.29) is 11.9 Å². The zero-order valence-electron chi connectivity index (χ0n) is 12.7. The fraction of sp³-hybridized carbons (Fsp3) is 0.588. The molecule has 1 aromatic rings. The Morgan fingerprint density at radius 1 is 1.35 bits per heavy atom. The summed E-state index contributed by atoms with van der Waals surface area (Å²) in [6.07, 6.45) is 3.61. The maximum atomic E-state index is 12.2. The highest BCUT2D eigenvalue weighted by Crippen LogP contribution is 2.29. The second-order valence-electron chi connectivity index (χ2n) is 5.67. The van der Waals surface area contributed by atoms with Gasteiger partial charge in [0, 0.05) is 18.6 Å². The monoisotopic (exact) mass is 275 g/mol. The van der Waals surface area contributed by atoms with Crippen molar-refractivity contribution in [3.8, 4) is 0 Å². The van der Waals surface area contributed by atoms with E-state index in [1.165, 1.54) is 20.0 Å². The summed E-state index contributed by atoms with van der Waals surface area (Å²) in [6, 6.07) is 11.1. The molecule has 1 heterocycles. The Labute approximate surface area is 121 Å². The molecule has 1 saturated heterocycles. The van der Waals surface area contributed by atoms with Gasteiger partial charge in [0.25, 0.3) is 0 Å². The Balaban J connectivity index is 2.18. The third kappa shape index (κ3) is 3.21. The van der Waals surface area contributed by atoms with Crippen molar-refractivity contribution in [2.45, 2.75) is 51.1 Å². The topological polar surface area (TPSA) is 29.5 Å². The summed E-state index contributed by atoms with van der Waals surface area (Å²) >= 11 is 0. The summed E-state index contributed by atoms with van der Waals surface area (Å²) in [5, 5.41) is 0. The minimum Gasteiger partial charge on any atom is -0.469 e. The van der Waals surface area contributed by atoms with Gasteiger partial charge < -0.3 is 4.74 Å². The van der Waals surface area contributed by atoms with E-state index in [0.717, 1.165) is 18.5 Å². The number of benzene rings is 1. The van der Waals surface area contributed by atoms with Crippen LogP contribution < -0.4 is 0 Å². The molecule has 2 rings (SSSR count). The van der Waals surface area contributed by atoms with Crippen molar-refractivity contribution < 1.29 is 9.53 Å². The lowest BCUT2D eigenvalue weighted by molar-refractivity contribution is -0.143. The number of methoxy groups -OCH3 is 1. The van der Waals surface area contributed by atoms with E-state index in [2.05, 4.69) is 18.7 Å².